The molecule has 1 fully saturated rings. The number of benzene rings is 1. The quantitative estimate of drug-likeness (QED) is 0.716. The molecule has 2 rings (SSSR count). The van der Waals surface area contributed by atoms with Gasteiger partial charge in [-0.3, -0.25) is 0 Å². The van der Waals surface area contributed by atoms with Crippen LogP contribution < -0.4 is 10.5 Å². The molecule has 1 saturated carbocycles. The molecular formula is C16H23NO4S2. The van der Waals surface area contributed by atoms with Crippen molar-refractivity contribution >= 4 is 27.0 Å². The Kier molecular flexibility index (Phi) is 5.33. The summed E-state index contributed by atoms with van der Waals surface area (Å²) < 4.78 is 35.8. The van der Waals surface area contributed by atoms with Gasteiger partial charge in [-0.2, -0.15) is 0 Å². The van der Waals surface area contributed by atoms with E-state index in [0.29, 0.717) is 6.61 Å². The molecule has 0 bridgehead atoms. The van der Waals surface area contributed by atoms with Crippen LogP contribution in [0.1, 0.15) is 25.3 Å². The second-order valence-corrected chi connectivity index (χ2v) is 8.52. The van der Waals surface area contributed by atoms with E-state index in [0.717, 1.165) is 11.3 Å². The lowest BCUT2D eigenvalue weighted by atomic mass is 10.00. The molecule has 0 aromatic heterocycles. The Balaban J connectivity index is 2.46. The molecule has 7 heteroatoms. The van der Waals surface area contributed by atoms with Gasteiger partial charge in [0.2, 0.25) is 0 Å². The molecule has 1 aliphatic rings. The zero-order chi connectivity index (χ0) is 17.3. The summed E-state index contributed by atoms with van der Waals surface area (Å²) in [6, 6.07) is 7.36. The van der Waals surface area contributed by atoms with E-state index in [1.165, 1.54) is 0 Å². The van der Waals surface area contributed by atoms with E-state index in [2.05, 4.69) is 0 Å². The van der Waals surface area contributed by atoms with E-state index in [9.17, 15) is 8.42 Å². The topological polar surface area (TPSA) is 78.6 Å². The molecule has 5 nitrogen and oxygen atoms in total. The summed E-state index contributed by atoms with van der Waals surface area (Å²) in [5.74, 6) is 0.498. The van der Waals surface area contributed by atoms with Crippen LogP contribution in [0.25, 0.3) is 0 Å². The lowest BCUT2D eigenvalue weighted by Gasteiger charge is -2.16. The summed E-state index contributed by atoms with van der Waals surface area (Å²) in [7, 11) is -1.71. The maximum atomic E-state index is 12.6. The summed E-state index contributed by atoms with van der Waals surface area (Å²) in [4.78, 5) is 0.203. The summed E-state index contributed by atoms with van der Waals surface area (Å²) in [6.45, 7) is 4.21. The second-order valence-electron chi connectivity index (χ2n) is 5.66. The normalized spacial score (nSPS) is 26.7. The molecule has 0 radical (unpaired) electrons. The fourth-order valence-electron chi connectivity index (χ4n) is 3.20. The third-order valence-corrected chi connectivity index (χ3v) is 7.18. The zero-order valence-electron chi connectivity index (χ0n) is 13.6. The Bertz CT molecular complexity index is 672. The highest BCUT2D eigenvalue weighted by Gasteiger charge is 2.72. The van der Waals surface area contributed by atoms with Crippen LogP contribution in [0.5, 0.6) is 5.75 Å². The molecular weight excluding hydrogens is 334 g/mol. The Labute approximate surface area is 143 Å². The first-order valence-electron chi connectivity index (χ1n) is 7.58. The van der Waals surface area contributed by atoms with Gasteiger partial charge < -0.3 is 15.2 Å². The Morgan fingerprint density at radius 2 is 1.91 bits per heavy atom. The fraction of sp³-hybridized carbons (Fsp3) is 0.562. The highest BCUT2D eigenvalue weighted by atomic mass is 32.2. The SMILES string of the molecule is CCOC[C@]1(C(N)=S)[C@@H](c2ccc(OC)cc2)[C@@H]1S(=O)(=O)CC. The van der Waals surface area contributed by atoms with Crippen molar-refractivity contribution in [3.63, 3.8) is 0 Å². The van der Waals surface area contributed by atoms with Gasteiger partial charge in [-0.1, -0.05) is 31.3 Å². The third-order valence-electron chi connectivity index (χ3n) is 4.52. The lowest BCUT2D eigenvalue weighted by Crippen LogP contribution is -2.34. The first-order chi connectivity index (χ1) is 10.8. The molecule has 0 spiro atoms. The smallest absolute Gasteiger partial charge is 0.154 e. The number of methoxy groups -OCH3 is 1. The Morgan fingerprint density at radius 3 is 2.35 bits per heavy atom. The molecule has 1 aromatic carbocycles. The molecule has 3 atom stereocenters. The number of ether oxygens (including phenoxy) is 2. The molecule has 0 unspecified atom stereocenters. The van der Waals surface area contributed by atoms with E-state index in [4.69, 9.17) is 27.4 Å². The number of rotatable bonds is 8. The first kappa shape index (κ1) is 18.2. The van der Waals surface area contributed by atoms with E-state index in [-0.39, 0.29) is 23.3 Å². The molecule has 0 heterocycles. The van der Waals surface area contributed by atoms with E-state index < -0.39 is 20.5 Å². The third kappa shape index (κ3) is 3.09. The Morgan fingerprint density at radius 1 is 1.30 bits per heavy atom. The van der Waals surface area contributed by atoms with E-state index in [1.807, 2.05) is 31.2 Å². The molecule has 0 amide bonds. The number of hydrogen-bond acceptors (Lipinski definition) is 5. The Hall–Kier alpha value is -1.18. The number of hydrogen-bond donors (Lipinski definition) is 1. The van der Waals surface area contributed by atoms with Gasteiger partial charge in [0.05, 0.1) is 29.4 Å². The van der Waals surface area contributed by atoms with Gasteiger partial charge >= 0.3 is 0 Å². The number of sulfone groups is 1. The van der Waals surface area contributed by atoms with E-state index in [1.54, 1.807) is 14.0 Å². The van der Waals surface area contributed by atoms with Crippen LogP contribution in [0.2, 0.25) is 0 Å². The molecule has 2 N–H and O–H groups in total. The maximum Gasteiger partial charge on any atom is 0.154 e. The van der Waals surface area contributed by atoms with Crippen molar-refractivity contribution in [1.29, 1.82) is 0 Å². The van der Waals surface area contributed by atoms with Crippen LogP contribution >= 0.6 is 12.2 Å². The number of thiocarbonyl (C=S) groups is 1. The van der Waals surface area contributed by atoms with Crippen LogP contribution in [0.3, 0.4) is 0 Å². The first-order valence-corrected chi connectivity index (χ1v) is 9.70. The summed E-state index contributed by atoms with van der Waals surface area (Å²) >= 11 is 5.24. The molecule has 128 valence electrons. The molecule has 0 aliphatic heterocycles. The van der Waals surface area contributed by atoms with Gasteiger partial charge in [0.25, 0.3) is 0 Å². The van der Waals surface area contributed by atoms with Crippen molar-refractivity contribution < 1.29 is 17.9 Å². The van der Waals surface area contributed by atoms with Crippen LogP contribution in [0.15, 0.2) is 24.3 Å². The molecule has 1 aromatic rings. The van der Waals surface area contributed by atoms with Gasteiger partial charge in [0, 0.05) is 18.3 Å². The summed E-state index contributed by atoms with van der Waals surface area (Å²) in [5, 5.41) is -0.627. The van der Waals surface area contributed by atoms with Crippen molar-refractivity contribution in [2.24, 2.45) is 11.1 Å². The molecule has 1 aliphatic carbocycles. The summed E-state index contributed by atoms with van der Waals surface area (Å²) in [5.41, 5.74) is 6.03. The predicted molar refractivity (Wildman–Crippen MR) is 94.7 cm³/mol. The standard InChI is InChI=1S/C16H23NO4S2/c1-4-21-10-16(15(17)22)13(14(16)23(18,19)5-2)11-6-8-12(20-3)9-7-11/h6-9,13-14H,4-5,10H2,1-3H3,(H2,17,22)/t13-,14-,16-/m0/s1. The highest BCUT2D eigenvalue weighted by Crippen LogP contribution is 2.63. The highest BCUT2D eigenvalue weighted by molar-refractivity contribution is 7.92. The van der Waals surface area contributed by atoms with Gasteiger partial charge in [0.15, 0.2) is 9.84 Å². The second kappa shape index (κ2) is 6.75. The van der Waals surface area contributed by atoms with Crippen molar-refractivity contribution in [3.05, 3.63) is 29.8 Å². The van der Waals surface area contributed by atoms with Crippen LogP contribution in [-0.2, 0) is 14.6 Å². The molecule has 23 heavy (non-hydrogen) atoms. The largest absolute Gasteiger partial charge is 0.497 e. The average molecular weight is 357 g/mol. The van der Waals surface area contributed by atoms with E-state index >= 15 is 0 Å². The van der Waals surface area contributed by atoms with Gasteiger partial charge in [0.1, 0.15) is 5.75 Å². The minimum absolute atomic E-state index is 0.0564. The zero-order valence-corrected chi connectivity index (χ0v) is 15.2. The van der Waals surface area contributed by atoms with Crippen LogP contribution in [-0.4, -0.2) is 44.7 Å². The predicted octanol–water partition coefficient (Wildman–Crippen LogP) is 1.90. The minimum atomic E-state index is -3.30. The number of nitrogens with two attached hydrogens (primary N) is 1. The van der Waals surface area contributed by atoms with Crippen molar-refractivity contribution in [3.8, 4) is 5.75 Å². The van der Waals surface area contributed by atoms with Crippen LogP contribution in [0, 0.1) is 5.41 Å². The maximum absolute atomic E-state index is 12.6. The van der Waals surface area contributed by atoms with Gasteiger partial charge in [-0.25, -0.2) is 8.42 Å². The minimum Gasteiger partial charge on any atom is -0.497 e. The van der Waals surface area contributed by atoms with Crippen molar-refractivity contribution in [2.75, 3.05) is 26.1 Å². The molecule has 0 saturated heterocycles. The fourth-order valence-corrected chi connectivity index (χ4v) is 5.67. The van der Waals surface area contributed by atoms with Crippen molar-refractivity contribution in [1.82, 2.24) is 0 Å². The summed E-state index contributed by atoms with van der Waals surface area (Å²) in [6.07, 6.45) is 0. The average Bonchev–Trinajstić information content (AvgIpc) is 3.24. The van der Waals surface area contributed by atoms with Gasteiger partial charge in [-0.15, -0.1) is 0 Å². The van der Waals surface area contributed by atoms with Crippen LogP contribution in [0.4, 0.5) is 0 Å². The van der Waals surface area contributed by atoms with Crippen molar-refractivity contribution in [2.45, 2.75) is 25.0 Å². The van der Waals surface area contributed by atoms with Gasteiger partial charge in [-0.05, 0) is 24.6 Å². The lowest BCUT2D eigenvalue weighted by molar-refractivity contribution is 0.121. The monoisotopic (exact) mass is 357 g/mol.